The average Bonchev–Trinajstić information content (AvgIpc) is 3.38. The topological polar surface area (TPSA) is 81.8 Å². The Hall–Kier alpha value is -3.60. The molecule has 0 saturated carbocycles. The summed E-state index contributed by atoms with van der Waals surface area (Å²) in [4.78, 5) is 30.5. The minimum Gasteiger partial charge on any atom is -0.326 e. The summed E-state index contributed by atoms with van der Waals surface area (Å²) in [5.41, 5.74) is 1.16. The Labute approximate surface area is 195 Å². The highest BCUT2D eigenvalue weighted by Crippen LogP contribution is 2.34. The van der Waals surface area contributed by atoms with E-state index in [2.05, 4.69) is 15.4 Å². The Morgan fingerprint density at radius 2 is 2.00 bits per heavy atom. The first-order chi connectivity index (χ1) is 16.2. The number of thioether (sulfide) groups is 1. The summed E-state index contributed by atoms with van der Waals surface area (Å²) in [5.74, 6) is -0.0387. The summed E-state index contributed by atoms with van der Waals surface area (Å²) in [6.45, 7) is 1.96. The first kappa shape index (κ1) is 22.2. The number of rotatable bonds is 4. The molecule has 4 aromatic rings. The molecule has 0 fully saturated rings. The molecular formula is C23H18F3N5O2S. The van der Waals surface area contributed by atoms with Crippen LogP contribution in [-0.4, -0.2) is 31.0 Å². The lowest BCUT2D eigenvalue weighted by atomic mass is 10.1. The molecule has 0 radical (unpaired) electrons. The van der Waals surface area contributed by atoms with Crippen molar-refractivity contribution in [2.75, 3.05) is 11.1 Å². The fourth-order valence-corrected chi connectivity index (χ4v) is 5.06. The van der Waals surface area contributed by atoms with Crippen molar-refractivity contribution in [2.24, 2.45) is 0 Å². The Morgan fingerprint density at radius 1 is 1.21 bits per heavy atom. The average molecular weight is 485 g/mol. The predicted molar refractivity (Wildman–Crippen MR) is 122 cm³/mol. The highest BCUT2D eigenvalue weighted by molar-refractivity contribution is 7.99. The fraction of sp³-hybridized carbons (Fsp3) is 0.217. The molecule has 1 amide bonds. The van der Waals surface area contributed by atoms with Gasteiger partial charge in [-0.05, 0) is 42.8 Å². The molecule has 0 saturated heterocycles. The summed E-state index contributed by atoms with van der Waals surface area (Å²) < 4.78 is 41.9. The third-order valence-electron chi connectivity index (χ3n) is 5.51. The number of carbonyl (C=O) groups excluding carboxylic acids is 1. The van der Waals surface area contributed by atoms with Gasteiger partial charge in [0.25, 0.3) is 5.56 Å². The molecule has 174 valence electrons. The van der Waals surface area contributed by atoms with E-state index < -0.39 is 23.7 Å². The van der Waals surface area contributed by atoms with Crippen LogP contribution in [0.5, 0.6) is 0 Å². The second kappa shape index (κ2) is 8.32. The number of hydrogen-bond donors (Lipinski definition) is 1. The van der Waals surface area contributed by atoms with Crippen molar-refractivity contribution in [1.29, 1.82) is 0 Å². The highest BCUT2D eigenvalue weighted by Gasteiger charge is 2.32. The molecular weight excluding hydrogens is 467 g/mol. The number of anilines is 1. The quantitative estimate of drug-likeness (QED) is 0.428. The van der Waals surface area contributed by atoms with Crippen LogP contribution in [0, 0.1) is 6.92 Å². The van der Waals surface area contributed by atoms with Gasteiger partial charge >= 0.3 is 6.18 Å². The molecule has 2 aromatic carbocycles. The van der Waals surface area contributed by atoms with Crippen molar-refractivity contribution in [2.45, 2.75) is 30.7 Å². The van der Waals surface area contributed by atoms with Gasteiger partial charge in [0.05, 0.1) is 23.5 Å². The molecule has 1 N–H and O–H groups in total. The summed E-state index contributed by atoms with van der Waals surface area (Å²) in [7, 11) is 0. The first-order valence-electron chi connectivity index (χ1n) is 10.4. The van der Waals surface area contributed by atoms with Crippen molar-refractivity contribution >= 4 is 34.4 Å². The van der Waals surface area contributed by atoms with Gasteiger partial charge in [0.2, 0.25) is 5.91 Å². The number of halogens is 3. The fourth-order valence-electron chi connectivity index (χ4n) is 3.93. The molecule has 5 rings (SSSR count). The number of aryl methyl sites for hydroxylation is 1. The van der Waals surface area contributed by atoms with Crippen molar-refractivity contribution in [3.05, 3.63) is 76.2 Å². The normalized spacial score (nSPS) is 15.5. The molecule has 1 aliphatic rings. The SMILES string of the molecule is Cc1cccc(-n2ncc3c(=O)n4c(nc32)SCC4CC(=O)Nc2cccc(C(F)(F)F)c2)c1. The molecule has 0 bridgehead atoms. The number of alkyl halides is 3. The molecule has 1 unspecified atom stereocenters. The smallest absolute Gasteiger partial charge is 0.326 e. The number of amides is 1. The van der Waals surface area contributed by atoms with E-state index in [0.717, 1.165) is 23.4 Å². The third kappa shape index (κ3) is 4.07. The minimum absolute atomic E-state index is 0.0473. The van der Waals surface area contributed by atoms with Crippen molar-refractivity contribution < 1.29 is 18.0 Å². The number of hydrogen-bond acceptors (Lipinski definition) is 5. The summed E-state index contributed by atoms with van der Waals surface area (Å²) >= 11 is 1.35. The van der Waals surface area contributed by atoms with E-state index in [-0.39, 0.29) is 17.7 Å². The van der Waals surface area contributed by atoms with Crippen molar-refractivity contribution in [3.63, 3.8) is 0 Å². The zero-order valence-corrected chi connectivity index (χ0v) is 18.7. The summed E-state index contributed by atoms with van der Waals surface area (Å²) in [6.07, 6.45) is -3.12. The van der Waals surface area contributed by atoms with Gasteiger partial charge in [0.15, 0.2) is 10.8 Å². The van der Waals surface area contributed by atoms with Gasteiger partial charge in [-0.25, -0.2) is 9.67 Å². The summed E-state index contributed by atoms with van der Waals surface area (Å²) in [5, 5.41) is 7.64. The monoisotopic (exact) mass is 485 g/mol. The van der Waals surface area contributed by atoms with E-state index in [1.54, 1.807) is 4.68 Å². The summed E-state index contributed by atoms with van der Waals surface area (Å²) in [6, 6.07) is 11.6. The highest BCUT2D eigenvalue weighted by atomic mass is 32.2. The van der Waals surface area contributed by atoms with Crippen LogP contribution in [0.15, 0.2) is 64.7 Å². The van der Waals surface area contributed by atoms with E-state index in [1.807, 2.05) is 31.2 Å². The molecule has 3 heterocycles. The minimum atomic E-state index is -4.50. The molecule has 34 heavy (non-hydrogen) atoms. The van der Waals surface area contributed by atoms with Gasteiger partial charge in [-0.3, -0.25) is 14.2 Å². The van der Waals surface area contributed by atoms with Gasteiger partial charge in [-0.2, -0.15) is 18.3 Å². The Bertz CT molecular complexity index is 1480. The lowest BCUT2D eigenvalue weighted by Crippen LogP contribution is -2.27. The number of nitrogens with one attached hydrogen (secondary N) is 1. The first-order valence-corrected chi connectivity index (χ1v) is 11.4. The standard InChI is InChI=1S/C23H18F3N5O2S/c1-13-4-2-7-16(8-13)31-20-18(11-27-31)21(33)30-17(12-34-22(30)29-20)10-19(32)28-15-6-3-5-14(9-15)23(24,25)26/h2-9,11,17H,10,12H2,1H3,(H,28,32). The van der Waals surface area contributed by atoms with Crippen LogP contribution in [0.2, 0.25) is 0 Å². The molecule has 2 aromatic heterocycles. The molecule has 7 nitrogen and oxygen atoms in total. The largest absolute Gasteiger partial charge is 0.416 e. The molecule has 0 aliphatic carbocycles. The van der Waals surface area contributed by atoms with E-state index >= 15 is 0 Å². The number of aromatic nitrogens is 4. The van der Waals surface area contributed by atoms with Gasteiger partial charge in [0, 0.05) is 17.9 Å². The lowest BCUT2D eigenvalue weighted by Gasteiger charge is -2.14. The maximum atomic E-state index is 13.2. The Morgan fingerprint density at radius 3 is 2.76 bits per heavy atom. The number of benzene rings is 2. The zero-order chi connectivity index (χ0) is 24.0. The predicted octanol–water partition coefficient (Wildman–Crippen LogP) is 4.59. The molecule has 1 atom stereocenters. The van der Waals surface area contributed by atoms with Crippen molar-refractivity contribution in [3.8, 4) is 5.69 Å². The maximum absolute atomic E-state index is 13.2. The van der Waals surface area contributed by atoms with Crippen molar-refractivity contribution in [1.82, 2.24) is 19.3 Å². The Kier molecular flexibility index (Phi) is 5.43. The van der Waals surface area contributed by atoms with Gasteiger partial charge in [0.1, 0.15) is 5.39 Å². The van der Waals surface area contributed by atoms with Crippen LogP contribution < -0.4 is 10.9 Å². The Balaban J connectivity index is 1.41. The zero-order valence-electron chi connectivity index (χ0n) is 17.8. The van der Waals surface area contributed by atoms with E-state index in [9.17, 15) is 22.8 Å². The number of nitrogens with zero attached hydrogens (tertiary/aromatic N) is 4. The molecule has 1 aliphatic heterocycles. The second-order valence-electron chi connectivity index (χ2n) is 8.00. The van der Waals surface area contributed by atoms with Gasteiger partial charge < -0.3 is 5.32 Å². The number of carbonyl (C=O) groups is 1. The van der Waals surface area contributed by atoms with Crippen LogP contribution in [0.1, 0.15) is 23.6 Å². The van der Waals surface area contributed by atoms with Gasteiger partial charge in [-0.1, -0.05) is 30.0 Å². The van der Waals surface area contributed by atoms with Crippen LogP contribution in [-0.2, 0) is 11.0 Å². The van der Waals surface area contributed by atoms with Gasteiger partial charge in [-0.15, -0.1) is 0 Å². The second-order valence-corrected chi connectivity index (χ2v) is 8.99. The maximum Gasteiger partial charge on any atom is 0.416 e. The van der Waals surface area contributed by atoms with E-state index in [1.165, 1.54) is 34.7 Å². The van der Waals surface area contributed by atoms with Crippen LogP contribution in [0.4, 0.5) is 18.9 Å². The lowest BCUT2D eigenvalue weighted by molar-refractivity contribution is -0.137. The van der Waals surface area contributed by atoms with Crippen LogP contribution in [0.25, 0.3) is 16.7 Å². The number of fused-ring (bicyclic) bond motifs is 2. The van der Waals surface area contributed by atoms with Crippen LogP contribution >= 0.6 is 11.8 Å². The third-order valence-corrected chi connectivity index (χ3v) is 6.61. The van der Waals surface area contributed by atoms with E-state index in [4.69, 9.17) is 0 Å². The van der Waals surface area contributed by atoms with Crippen LogP contribution in [0.3, 0.4) is 0 Å². The molecule has 0 spiro atoms. The van der Waals surface area contributed by atoms with E-state index in [0.29, 0.717) is 21.9 Å². The molecule has 11 heteroatoms.